The maximum atomic E-state index is 13.1. The molecule has 1 aromatic heterocycles. The minimum Gasteiger partial charge on any atom is -0.396 e. The fourth-order valence-corrected chi connectivity index (χ4v) is 1.18. The van der Waals surface area contributed by atoms with Crippen molar-refractivity contribution in [1.29, 1.82) is 5.26 Å². The summed E-state index contributed by atoms with van der Waals surface area (Å²) in [4.78, 5) is 0. The molecule has 1 aromatic carbocycles. The molecule has 0 bridgehead atoms. The molecule has 0 aliphatic carbocycles. The first-order chi connectivity index (χ1) is 7.20. The molecule has 0 saturated heterocycles. The molecular weight excluding hydrogens is 195 g/mol. The molecule has 15 heavy (non-hydrogen) atoms. The van der Waals surface area contributed by atoms with Gasteiger partial charge >= 0.3 is 0 Å². The van der Waals surface area contributed by atoms with Crippen LogP contribution >= 0.6 is 0 Å². The number of nitrogens with zero attached hydrogens (tertiary/aromatic N) is 3. The normalized spacial score (nSPS) is 9.87. The van der Waals surface area contributed by atoms with Gasteiger partial charge in [0.25, 0.3) is 0 Å². The van der Waals surface area contributed by atoms with E-state index < -0.39 is 5.82 Å². The van der Waals surface area contributed by atoms with Gasteiger partial charge in [0.2, 0.25) is 0 Å². The lowest BCUT2D eigenvalue weighted by atomic mass is 10.3. The lowest BCUT2D eigenvalue weighted by molar-refractivity contribution is 0.630. The summed E-state index contributed by atoms with van der Waals surface area (Å²) in [5.41, 5.74) is 6.38. The highest BCUT2D eigenvalue weighted by Gasteiger charge is 2.03. The second kappa shape index (κ2) is 3.42. The van der Waals surface area contributed by atoms with E-state index in [2.05, 4.69) is 5.10 Å². The molecule has 0 aliphatic rings. The van der Waals surface area contributed by atoms with Crippen molar-refractivity contribution in [3.05, 3.63) is 42.0 Å². The number of nitriles is 1. The van der Waals surface area contributed by atoms with E-state index in [1.54, 1.807) is 6.07 Å². The van der Waals surface area contributed by atoms with E-state index in [0.29, 0.717) is 11.3 Å². The maximum Gasteiger partial charge on any atom is 0.148 e. The zero-order chi connectivity index (χ0) is 10.8. The number of anilines is 1. The van der Waals surface area contributed by atoms with E-state index >= 15 is 0 Å². The van der Waals surface area contributed by atoms with Gasteiger partial charge in [0, 0.05) is 12.3 Å². The second-order valence-corrected chi connectivity index (χ2v) is 2.99. The number of nitrogen functional groups attached to an aromatic ring is 1. The van der Waals surface area contributed by atoms with Crippen molar-refractivity contribution in [3.8, 4) is 11.8 Å². The monoisotopic (exact) mass is 202 g/mol. The van der Waals surface area contributed by atoms with Crippen LogP contribution in [0, 0.1) is 17.1 Å². The minimum absolute atomic E-state index is 0.0893. The first kappa shape index (κ1) is 9.21. The van der Waals surface area contributed by atoms with Gasteiger partial charge in [-0.05, 0) is 12.1 Å². The van der Waals surface area contributed by atoms with Crippen LogP contribution in [0.15, 0.2) is 30.6 Å². The molecule has 5 heteroatoms. The van der Waals surface area contributed by atoms with Crippen LogP contribution in [0.1, 0.15) is 5.56 Å². The number of aromatic nitrogens is 2. The zero-order valence-electron chi connectivity index (χ0n) is 7.68. The summed E-state index contributed by atoms with van der Waals surface area (Å²) in [6.07, 6.45) is 2.93. The van der Waals surface area contributed by atoms with Gasteiger partial charge in [-0.15, -0.1) is 0 Å². The third-order valence-electron chi connectivity index (χ3n) is 1.96. The highest BCUT2D eigenvalue weighted by atomic mass is 19.1. The summed E-state index contributed by atoms with van der Waals surface area (Å²) >= 11 is 0. The van der Waals surface area contributed by atoms with E-state index in [1.165, 1.54) is 29.2 Å². The zero-order valence-corrected chi connectivity index (χ0v) is 7.68. The van der Waals surface area contributed by atoms with Gasteiger partial charge in [-0.3, -0.25) is 0 Å². The number of nitrogens with two attached hydrogens (primary N) is 1. The second-order valence-electron chi connectivity index (χ2n) is 2.99. The minimum atomic E-state index is -0.499. The summed E-state index contributed by atoms with van der Waals surface area (Å²) < 4.78 is 14.5. The number of halogens is 1. The van der Waals surface area contributed by atoms with Crippen molar-refractivity contribution >= 4 is 5.69 Å². The van der Waals surface area contributed by atoms with Gasteiger partial charge in [-0.1, -0.05) is 0 Å². The Morgan fingerprint density at radius 3 is 2.87 bits per heavy atom. The fraction of sp³-hybridized carbons (Fsp3) is 0. The number of hydrogen-bond donors (Lipinski definition) is 1. The lowest BCUT2D eigenvalue weighted by Gasteiger charge is -2.02. The molecule has 0 unspecified atom stereocenters. The molecule has 4 nitrogen and oxygen atoms in total. The Balaban J connectivity index is 2.46. The van der Waals surface area contributed by atoms with E-state index in [-0.39, 0.29) is 5.69 Å². The third-order valence-corrected chi connectivity index (χ3v) is 1.96. The predicted octanol–water partition coefficient (Wildman–Crippen LogP) is 1.47. The molecule has 0 radical (unpaired) electrons. The SMILES string of the molecule is N#Cc1cnn(-c2ccc(N)c(F)c2)c1. The molecule has 0 spiro atoms. The Morgan fingerprint density at radius 2 is 2.27 bits per heavy atom. The van der Waals surface area contributed by atoms with Crippen molar-refractivity contribution in [2.24, 2.45) is 0 Å². The number of hydrogen-bond acceptors (Lipinski definition) is 3. The van der Waals surface area contributed by atoms with Gasteiger partial charge < -0.3 is 5.73 Å². The van der Waals surface area contributed by atoms with Crippen molar-refractivity contribution in [2.75, 3.05) is 5.73 Å². The Morgan fingerprint density at radius 1 is 1.47 bits per heavy atom. The van der Waals surface area contributed by atoms with Crippen molar-refractivity contribution in [2.45, 2.75) is 0 Å². The molecule has 0 atom stereocenters. The maximum absolute atomic E-state index is 13.1. The average Bonchev–Trinajstić information content (AvgIpc) is 2.70. The molecule has 0 saturated carbocycles. The first-order valence-electron chi connectivity index (χ1n) is 4.21. The standard InChI is InChI=1S/C10H7FN4/c11-9-3-8(1-2-10(9)13)15-6-7(4-12)5-14-15/h1-3,5-6H,13H2. The van der Waals surface area contributed by atoms with E-state index in [4.69, 9.17) is 11.0 Å². The molecular formula is C10H7FN4. The van der Waals surface area contributed by atoms with Crippen LogP contribution in [0.3, 0.4) is 0 Å². The number of benzene rings is 1. The van der Waals surface area contributed by atoms with Crippen molar-refractivity contribution in [1.82, 2.24) is 9.78 Å². The van der Waals surface area contributed by atoms with E-state index in [0.717, 1.165) is 0 Å². The van der Waals surface area contributed by atoms with Crippen LogP contribution in [0.5, 0.6) is 0 Å². The van der Waals surface area contributed by atoms with Crippen LogP contribution in [-0.2, 0) is 0 Å². The Kier molecular flexibility index (Phi) is 2.10. The van der Waals surface area contributed by atoms with Crippen LogP contribution in [0.2, 0.25) is 0 Å². The molecule has 0 aliphatic heterocycles. The smallest absolute Gasteiger partial charge is 0.148 e. The summed E-state index contributed by atoms with van der Waals surface area (Å²) in [7, 11) is 0. The molecule has 2 rings (SSSR count). The quantitative estimate of drug-likeness (QED) is 0.712. The predicted molar refractivity (Wildman–Crippen MR) is 52.6 cm³/mol. The summed E-state index contributed by atoms with van der Waals surface area (Å²) in [6.45, 7) is 0. The number of rotatable bonds is 1. The average molecular weight is 202 g/mol. The van der Waals surface area contributed by atoms with Gasteiger partial charge in [0.1, 0.15) is 11.9 Å². The lowest BCUT2D eigenvalue weighted by Crippen LogP contribution is -1.97. The Bertz CT molecular complexity index is 539. The third kappa shape index (κ3) is 1.65. The fourth-order valence-electron chi connectivity index (χ4n) is 1.18. The van der Waals surface area contributed by atoms with Crippen molar-refractivity contribution < 1.29 is 4.39 Å². The van der Waals surface area contributed by atoms with Crippen molar-refractivity contribution in [3.63, 3.8) is 0 Å². The van der Waals surface area contributed by atoms with E-state index in [9.17, 15) is 4.39 Å². The summed E-state index contributed by atoms with van der Waals surface area (Å²) in [5, 5.41) is 12.5. The Labute approximate surface area is 85.4 Å². The van der Waals surface area contributed by atoms with Crippen LogP contribution in [0.25, 0.3) is 5.69 Å². The summed E-state index contributed by atoms with van der Waals surface area (Å²) in [5.74, 6) is -0.499. The molecule has 2 aromatic rings. The van der Waals surface area contributed by atoms with Gasteiger partial charge in [-0.25, -0.2) is 9.07 Å². The van der Waals surface area contributed by atoms with Gasteiger partial charge in [0.05, 0.1) is 23.1 Å². The molecule has 74 valence electrons. The van der Waals surface area contributed by atoms with E-state index in [1.807, 2.05) is 6.07 Å². The van der Waals surface area contributed by atoms with Gasteiger partial charge in [-0.2, -0.15) is 10.4 Å². The molecule has 2 N–H and O–H groups in total. The van der Waals surface area contributed by atoms with Gasteiger partial charge in [0.15, 0.2) is 0 Å². The summed E-state index contributed by atoms with van der Waals surface area (Å²) in [6, 6.07) is 6.30. The van der Waals surface area contributed by atoms with Crippen LogP contribution < -0.4 is 5.73 Å². The highest BCUT2D eigenvalue weighted by Crippen LogP contribution is 2.15. The topological polar surface area (TPSA) is 67.6 Å². The first-order valence-corrected chi connectivity index (χ1v) is 4.21. The van der Waals surface area contributed by atoms with Crippen LogP contribution in [-0.4, -0.2) is 9.78 Å². The molecule has 0 fully saturated rings. The molecule has 1 heterocycles. The Hall–Kier alpha value is -2.35. The molecule has 0 amide bonds. The van der Waals surface area contributed by atoms with Crippen LogP contribution in [0.4, 0.5) is 10.1 Å². The largest absolute Gasteiger partial charge is 0.396 e. The highest BCUT2D eigenvalue weighted by molar-refractivity contribution is 5.46.